The largest absolute Gasteiger partial charge is 0.493 e. The van der Waals surface area contributed by atoms with Crippen LogP contribution in [0.2, 0.25) is 0 Å². The molecule has 2 saturated heterocycles. The van der Waals surface area contributed by atoms with E-state index in [4.69, 9.17) is 15.6 Å². The summed E-state index contributed by atoms with van der Waals surface area (Å²) in [5.41, 5.74) is 13.2. The lowest BCUT2D eigenvalue weighted by molar-refractivity contribution is -0.248. The van der Waals surface area contributed by atoms with Crippen molar-refractivity contribution in [1.82, 2.24) is 35.2 Å². The summed E-state index contributed by atoms with van der Waals surface area (Å²) < 4.78 is 10.4. The van der Waals surface area contributed by atoms with Gasteiger partial charge < -0.3 is 36.0 Å². The van der Waals surface area contributed by atoms with Gasteiger partial charge in [0.2, 0.25) is 11.0 Å². The molecule has 2 radical (unpaired) electrons. The first-order valence-electron chi connectivity index (χ1n) is 22.5. The maximum absolute atomic E-state index is 11.7. The fourth-order valence-corrected chi connectivity index (χ4v) is 13.6. The summed E-state index contributed by atoms with van der Waals surface area (Å²) in [5, 5.41) is 33.6. The Kier molecular flexibility index (Phi) is 12.6. The van der Waals surface area contributed by atoms with Gasteiger partial charge in [0.25, 0.3) is 0 Å². The molecule has 6 fully saturated rings. The number of aliphatic hydroxyl groups excluding tert-OH is 1. The summed E-state index contributed by atoms with van der Waals surface area (Å²) in [6.45, 7) is 19.0. The van der Waals surface area contributed by atoms with Gasteiger partial charge >= 0.3 is 0 Å². The van der Waals surface area contributed by atoms with Crippen molar-refractivity contribution < 1.29 is 9.84 Å². The van der Waals surface area contributed by atoms with Crippen molar-refractivity contribution in [2.45, 2.75) is 124 Å². The second-order valence-electron chi connectivity index (χ2n) is 20.0. The average Bonchev–Trinajstić information content (AvgIpc) is 3.97. The van der Waals surface area contributed by atoms with Crippen molar-refractivity contribution in [3.05, 3.63) is 82.4 Å². The Morgan fingerprint density at radius 2 is 1.79 bits per heavy atom. The molecule has 2 aromatic heterocycles. The van der Waals surface area contributed by atoms with E-state index in [1.54, 1.807) is 0 Å². The van der Waals surface area contributed by atoms with Crippen molar-refractivity contribution >= 4 is 60.6 Å². The third-order valence-electron chi connectivity index (χ3n) is 14.1. The highest BCUT2D eigenvalue weighted by atomic mass is 32.1. The smallest absolute Gasteiger partial charge is 0.212 e. The van der Waals surface area contributed by atoms with Crippen LogP contribution in [0.1, 0.15) is 110 Å². The second kappa shape index (κ2) is 17.5. The number of amidine groups is 2. The number of thiazole rings is 1. The highest BCUT2D eigenvalue weighted by Crippen LogP contribution is 2.72. The summed E-state index contributed by atoms with van der Waals surface area (Å²) in [4.78, 5) is 13.9. The molecular weight excluding hydrogens is 810 g/mol. The highest BCUT2D eigenvalue weighted by Gasteiger charge is 2.66. The van der Waals surface area contributed by atoms with Gasteiger partial charge in [0, 0.05) is 48.1 Å². The zero-order valence-corrected chi connectivity index (χ0v) is 39.6. The first kappa shape index (κ1) is 44.6. The summed E-state index contributed by atoms with van der Waals surface area (Å²) in [5.74, 6) is 1.52. The number of nitrogens with zero attached hydrogens (tertiary/aromatic N) is 6. The van der Waals surface area contributed by atoms with Gasteiger partial charge in [0.15, 0.2) is 0 Å². The first-order chi connectivity index (χ1) is 29.6. The molecule has 4 bridgehead atoms. The molecule has 62 heavy (non-hydrogen) atoms. The molecule has 3 aromatic rings. The molecule has 3 atom stereocenters. The second-order valence-corrected chi connectivity index (χ2v) is 21.0. The van der Waals surface area contributed by atoms with E-state index in [0.29, 0.717) is 29.0 Å². The number of aliphatic imine (C=N–C) groups is 1. The van der Waals surface area contributed by atoms with Crippen LogP contribution in [0.3, 0.4) is 0 Å². The molecule has 5 heterocycles. The van der Waals surface area contributed by atoms with Gasteiger partial charge in [-0.3, -0.25) is 10.1 Å². The van der Waals surface area contributed by atoms with Crippen LogP contribution in [-0.4, -0.2) is 93.3 Å². The number of aliphatic hydroxyl groups is 1. The van der Waals surface area contributed by atoms with Gasteiger partial charge in [-0.05, 0) is 151 Å². The van der Waals surface area contributed by atoms with Crippen LogP contribution >= 0.6 is 20.5 Å². The van der Waals surface area contributed by atoms with E-state index in [9.17, 15) is 10.5 Å². The molecule has 15 heteroatoms. The molecule has 330 valence electrons. The molecule has 0 amide bonds. The van der Waals surface area contributed by atoms with E-state index in [-0.39, 0.29) is 33.8 Å². The van der Waals surface area contributed by atoms with Crippen molar-refractivity contribution in [1.29, 1.82) is 5.41 Å². The predicted octanol–water partition coefficient (Wildman–Crippen LogP) is 8.61. The monoisotopic (exact) mass is 876 g/mol. The van der Waals surface area contributed by atoms with E-state index in [1.165, 1.54) is 69.4 Å². The number of fused-ring (bicyclic) bond motifs is 1. The number of dihydropyridines is 1. The molecule has 4 aliphatic carbocycles. The molecule has 3 unspecified atom stereocenters. The molecule has 10 rings (SSSR count). The van der Waals surface area contributed by atoms with E-state index < -0.39 is 0 Å². The third-order valence-corrected chi connectivity index (χ3v) is 15.1. The lowest BCUT2D eigenvalue weighted by atomic mass is 9.39. The minimum atomic E-state index is -0.0617. The zero-order chi connectivity index (χ0) is 44.0. The third kappa shape index (κ3) is 8.91. The van der Waals surface area contributed by atoms with Crippen LogP contribution in [0.25, 0.3) is 15.8 Å². The molecule has 4 saturated carbocycles. The molecule has 12 nitrogen and oxygen atoms in total. The maximum atomic E-state index is 11.7. The summed E-state index contributed by atoms with van der Waals surface area (Å²) in [6.07, 6.45) is 17.4. The number of aromatic nitrogens is 3. The number of likely N-dealkylation sites (tertiary alicyclic amines) is 2. The average molecular weight is 877 g/mol. The number of nitrogens with two attached hydrogens (primary N) is 1. The van der Waals surface area contributed by atoms with E-state index in [2.05, 4.69) is 64.6 Å². The maximum Gasteiger partial charge on any atom is 0.212 e. The number of hydrogen-bond acceptors (Lipinski definition) is 10. The quantitative estimate of drug-likeness (QED) is 0.0396. The first-order valence-corrected chi connectivity index (χ1v) is 24.0. The lowest BCUT2D eigenvalue weighted by Crippen LogP contribution is -2.64. The van der Waals surface area contributed by atoms with E-state index in [0.717, 1.165) is 83.0 Å². The van der Waals surface area contributed by atoms with Crippen LogP contribution in [0.15, 0.2) is 76.2 Å². The van der Waals surface area contributed by atoms with Crippen LogP contribution < -0.4 is 16.4 Å². The van der Waals surface area contributed by atoms with Crippen molar-refractivity contribution in [3.8, 4) is 0 Å². The number of benzene rings is 1. The molecule has 3 aliphatic heterocycles. The number of hydrogen-bond donors (Lipinski definition) is 5. The number of allylic oxidation sites excluding steroid dienone is 3. The Morgan fingerprint density at radius 1 is 1.06 bits per heavy atom. The van der Waals surface area contributed by atoms with Crippen LogP contribution in [0.5, 0.6) is 0 Å². The summed E-state index contributed by atoms with van der Waals surface area (Å²) in [6, 6.07) is 7.97. The Bertz CT molecular complexity index is 2300. The number of piperidine rings is 1. The lowest BCUT2D eigenvalue weighted by Gasteiger charge is -2.69. The SMILES string of the molecule is CC(/C(N)=N/c1nc2ccccc2s1)=C1\CCCN(C2=CC=C(c3cnn(CC45CC6(C)CC(C)(C4)CC(OCCN4CCCC4)(C6)C5)c3C)/C(=C(\O)NC(C)C)N2)C1=N.[B]P. The van der Waals surface area contributed by atoms with Crippen LogP contribution in [0, 0.1) is 28.6 Å². The Labute approximate surface area is 375 Å². The van der Waals surface area contributed by atoms with Gasteiger partial charge in [-0.25, -0.2) is 9.98 Å². The number of nitrogens with one attached hydrogen (secondary N) is 3. The minimum Gasteiger partial charge on any atom is -0.493 e. The van der Waals surface area contributed by atoms with E-state index in [1.807, 2.05) is 71.3 Å². The van der Waals surface area contributed by atoms with Gasteiger partial charge in [-0.15, -0.1) is 0 Å². The standard InChI is InChI=1S/C47H64N10O2S.BH2P/c1-30(2)51-42(58)39-34(15-16-38(53-39)56-19-11-12-33(41(56)49)31(3)40(48)54-43-52-36-13-7-8-14-37(36)60-43)35-22-50-57(32(35)4)29-46-24-44(5)23-45(6,25-46)27-47(26-44,28-46)59-21-20-55-17-9-10-18-55;1-2/h7-8,13-16,22,30,49,51,53,58H,9-12,17-21,23-29H2,1-6H3,(H2,48,52,54);2H2/b33-31-,42-39+,49-41?;. The summed E-state index contributed by atoms with van der Waals surface area (Å²) in [7, 11) is 6.33. The molecular formula is C47H66BN10O2PS. The fourth-order valence-electron chi connectivity index (χ4n) is 12.8. The molecule has 1 aromatic carbocycles. The van der Waals surface area contributed by atoms with Crippen molar-refractivity contribution in [3.63, 3.8) is 0 Å². The Morgan fingerprint density at radius 3 is 2.50 bits per heavy atom. The molecule has 6 N–H and O–H groups in total. The van der Waals surface area contributed by atoms with Crippen LogP contribution in [0.4, 0.5) is 5.13 Å². The van der Waals surface area contributed by atoms with Gasteiger partial charge in [0.05, 0.1) is 36.2 Å². The van der Waals surface area contributed by atoms with Gasteiger partial charge in [-0.1, -0.05) is 37.3 Å². The number of ether oxygens (including phenoxy) is 1. The number of para-hydroxylation sites is 1. The normalized spacial score (nSPS) is 30.3. The minimum absolute atomic E-state index is 0.00518. The van der Waals surface area contributed by atoms with Crippen molar-refractivity contribution in [2.75, 3.05) is 32.8 Å². The van der Waals surface area contributed by atoms with Crippen LogP contribution in [-0.2, 0) is 11.3 Å². The van der Waals surface area contributed by atoms with Gasteiger partial charge in [0.1, 0.15) is 23.2 Å². The van der Waals surface area contributed by atoms with Gasteiger partial charge in [-0.2, -0.15) is 14.2 Å². The Balaban J connectivity index is 0.00000261. The summed E-state index contributed by atoms with van der Waals surface area (Å²) >= 11 is 1.50. The molecule has 0 spiro atoms. The van der Waals surface area contributed by atoms with Crippen molar-refractivity contribution in [2.24, 2.45) is 27.0 Å². The Hall–Kier alpha value is -3.97. The predicted molar refractivity (Wildman–Crippen MR) is 258 cm³/mol. The topological polar surface area (TPSA) is 153 Å². The highest BCUT2D eigenvalue weighted by molar-refractivity contribution is 7.49. The fraction of sp³-hybridized carbons (Fsp3) is 0.574. The molecule has 7 aliphatic rings. The zero-order valence-electron chi connectivity index (χ0n) is 37.6. The van der Waals surface area contributed by atoms with E-state index >= 15 is 0 Å². The number of rotatable bonds is 12.